The molecule has 0 aromatic heterocycles. The number of hydrazine groups is 1. The van der Waals surface area contributed by atoms with Crippen LogP contribution in [0.1, 0.15) is 19.4 Å². The molecular weight excluding hydrogens is 377 g/mol. The molecule has 0 spiro atoms. The molecule has 0 aliphatic carbocycles. The molecule has 0 heterocycles. The van der Waals surface area contributed by atoms with Gasteiger partial charge in [0.15, 0.2) is 0 Å². The van der Waals surface area contributed by atoms with E-state index >= 15 is 0 Å². The Labute approximate surface area is 153 Å². The number of amides is 2. The Kier molecular flexibility index (Phi) is 7.96. The van der Waals surface area contributed by atoms with Crippen LogP contribution >= 0.6 is 23.2 Å². The van der Waals surface area contributed by atoms with Crippen LogP contribution in [-0.4, -0.2) is 35.3 Å². The molecule has 0 saturated carbocycles. The maximum Gasteiger partial charge on any atom is 0.531 e. The second kappa shape index (κ2) is 9.70. The highest BCUT2D eigenvalue weighted by Crippen LogP contribution is 2.24. The highest BCUT2D eigenvalue weighted by atomic mass is 35.5. The summed E-state index contributed by atoms with van der Waals surface area (Å²) in [6, 6.07) is 4.26. The van der Waals surface area contributed by atoms with Crippen molar-refractivity contribution in [2.24, 2.45) is 0 Å². The first-order valence-corrected chi connectivity index (χ1v) is 7.77. The predicted octanol–water partition coefficient (Wildman–Crippen LogP) is 3.69. The first-order valence-electron chi connectivity index (χ1n) is 7.01. The van der Waals surface area contributed by atoms with Crippen molar-refractivity contribution < 1.29 is 24.0 Å². The summed E-state index contributed by atoms with van der Waals surface area (Å²) >= 11 is 11.8. The second-order valence-electron chi connectivity index (χ2n) is 4.29. The van der Waals surface area contributed by atoms with Gasteiger partial charge in [0.1, 0.15) is 0 Å². The van der Waals surface area contributed by atoms with Crippen LogP contribution in [0.15, 0.2) is 24.0 Å². The summed E-state index contributed by atoms with van der Waals surface area (Å²) in [6.45, 7) is 2.98. The van der Waals surface area contributed by atoms with E-state index in [2.05, 4.69) is 4.74 Å². The first-order chi connectivity index (χ1) is 11.8. The van der Waals surface area contributed by atoms with Gasteiger partial charge in [0.05, 0.1) is 13.2 Å². The smallest absolute Gasteiger partial charge is 0.448 e. The maximum absolute atomic E-state index is 12.0. The molecule has 0 aliphatic heterocycles. The number of ether oxygens (including phenoxy) is 2. The zero-order valence-electron chi connectivity index (χ0n) is 13.3. The normalized spacial score (nSPS) is 10.8. The molecule has 1 N–H and O–H groups in total. The molecule has 0 atom stereocenters. The average Bonchev–Trinajstić information content (AvgIpc) is 2.52. The van der Waals surface area contributed by atoms with Gasteiger partial charge >= 0.3 is 18.0 Å². The molecule has 0 saturated heterocycles. The third-order valence-corrected chi connectivity index (χ3v) is 3.15. The van der Waals surface area contributed by atoms with Gasteiger partial charge in [0.2, 0.25) is 0 Å². The molecule has 11 heteroatoms. The van der Waals surface area contributed by atoms with E-state index in [0.717, 1.165) is 6.08 Å². The fourth-order valence-electron chi connectivity index (χ4n) is 1.60. The Hall–Kier alpha value is -2.52. The van der Waals surface area contributed by atoms with Gasteiger partial charge < -0.3 is 19.6 Å². The molecule has 1 aromatic carbocycles. The van der Waals surface area contributed by atoms with E-state index in [9.17, 15) is 19.7 Å². The fourth-order valence-corrected chi connectivity index (χ4v) is 2.06. The van der Waals surface area contributed by atoms with Gasteiger partial charge in [0, 0.05) is 21.7 Å². The molecule has 0 fully saturated rings. The van der Waals surface area contributed by atoms with E-state index in [1.807, 2.05) is 5.43 Å². The predicted molar refractivity (Wildman–Crippen MR) is 90.5 cm³/mol. The standard InChI is InChI=1S/C14H15Cl2N3O6/c1-3-24-13(20)17-18(14(21)25-4-2)12(19(22)23)7-9-5-6-10(15)8-11(9)16/h5-8H,3-4H2,1-2H3,(H,17,20)/b12-7+. The van der Waals surface area contributed by atoms with Gasteiger partial charge in [-0.1, -0.05) is 29.3 Å². The molecule has 1 aromatic rings. The van der Waals surface area contributed by atoms with Crippen molar-refractivity contribution in [3.05, 3.63) is 49.7 Å². The van der Waals surface area contributed by atoms with Gasteiger partial charge in [-0.25, -0.2) is 4.79 Å². The van der Waals surface area contributed by atoms with Crippen molar-refractivity contribution in [1.82, 2.24) is 10.4 Å². The van der Waals surface area contributed by atoms with Crippen LogP contribution in [0.2, 0.25) is 10.0 Å². The summed E-state index contributed by atoms with van der Waals surface area (Å²) in [7, 11) is 0. The number of nitrogens with one attached hydrogen (secondary N) is 1. The zero-order valence-corrected chi connectivity index (χ0v) is 14.8. The third-order valence-electron chi connectivity index (χ3n) is 2.59. The minimum atomic E-state index is -1.16. The van der Waals surface area contributed by atoms with Gasteiger partial charge in [-0.3, -0.25) is 0 Å². The number of hydrogen-bond acceptors (Lipinski definition) is 6. The summed E-state index contributed by atoms with van der Waals surface area (Å²) in [5.41, 5.74) is 2.16. The van der Waals surface area contributed by atoms with Crippen molar-refractivity contribution in [1.29, 1.82) is 0 Å². The van der Waals surface area contributed by atoms with E-state index in [1.54, 1.807) is 0 Å². The first kappa shape index (κ1) is 20.5. The highest BCUT2D eigenvalue weighted by molar-refractivity contribution is 6.35. The number of benzene rings is 1. The number of rotatable bonds is 5. The molecule has 0 unspecified atom stereocenters. The van der Waals surface area contributed by atoms with Gasteiger partial charge in [-0.2, -0.15) is 4.79 Å². The SMILES string of the molecule is CCOC(=O)NN(C(=O)OCC)/C(=C\c1ccc(Cl)cc1Cl)[N+](=O)[O-]. The lowest BCUT2D eigenvalue weighted by Crippen LogP contribution is -2.47. The lowest BCUT2D eigenvalue weighted by molar-refractivity contribution is -0.443. The highest BCUT2D eigenvalue weighted by Gasteiger charge is 2.34. The molecule has 2 amide bonds. The average molecular weight is 392 g/mol. The number of nitro groups is 1. The largest absolute Gasteiger partial charge is 0.531 e. The van der Waals surface area contributed by atoms with Crippen LogP contribution in [0, 0.1) is 10.1 Å². The lowest BCUT2D eigenvalue weighted by Gasteiger charge is -2.16. The number of nitrogens with zero attached hydrogens (tertiary/aromatic N) is 2. The Morgan fingerprint density at radius 2 is 1.92 bits per heavy atom. The Morgan fingerprint density at radius 1 is 1.28 bits per heavy atom. The summed E-state index contributed by atoms with van der Waals surface area (Å²) in [5.74, 6) is -0.796. The van der Waals surface area contributed by atoms with E-state index in [-0.39, 0.29) is 23.8 Å². The van der Waals surface area contributed by atoms with E-state index in [4.69, 9.17) is 27.9 Å². The van der Waals surface area contributed by atoms with Gasteiger partial charge in [-0.05, 0) is 35.9 Å². The molecule has 0 radical (unpaired) electrons. The Morgan fingerprint density at radius 3 is 2.44 bits per heavy atom. The number of carbonyl (C=O) groups excluding carboxylic acids is 2. The molecule has 0 bridgehead atoms. The van der Waals surface area contributed by atoms with E-state index in [0.29, 0.717) is 10.0 Å². The van der Waals surface area contributed by atoms with Crippen LogP contribution in [0.25, 0.3) is 6.08 Å². The molecule has 0 aliphatic rings. The maximum atomic E-state index is 12.0. The molecule has 1 rings (SSSR count). The number of hydrogen-bond donors (Lipinski definition) is 1. The minimum absolute atomic E-state index is 0.00300. The third kappa shape index (κ3) is 6.12. The van der Waals surface area contributed by atoms with Crippen molar-refractivity contribution in [2.75, 3.05) is 13.2 Å². The van der Waals surface area contributed by atoms with Crippen LogP contribution < -0.4 is 5.43 Å². The topological polar surface area (TPSA) is 111 Å². The Balaban J connectivity index is 3.30. The van der Waals surface area contributed by atoms with Crippen molar-refractivity contribution in [2.45, 2.75) is 13.8 Å². The summed E-state index contributed by atoms with van der Waals surface area (Å²) in [5, 5.41) is 12.2. The van der Waals surface area contributed by atoms with Crippen LogP contribution in [0.4, 0.5) is 9.59 Å². The van der Waals surface area contributed by atoms with Crippen molar-refractivity contribution >= 4 is 41.5 Å². The Bertz CT molecular complexity index is 695. The number of halogens is 2. The van der Waals surface area contributed by atoms with Crippen LogP contribution in [0.3, 0.4) is 0 Å². The van der Waals surface area contributed by atoms with Crippen LogP contribution in [-0.2, 0) is 9.47 Å². The molecule has 136 valence electrons. The quantitative estimate of drug-likeness (QED) is 0.604. The monoisotopic (exact) mass is 391 g/mol. The van der Waals surface area contributed by atoms with Crippen molar-refractivity contribution in [3.8, 4) is 0 Å². The zero-order chi connectivity index (χ0) is 19.0. The summed E-state index contributed by atoms with van der Waals surface area (Å²) in [4.78, 5) is 34.1. The molecular formula is C14H15Cl2N3O6. The second-order valence-corrected chi connectivity index (χ2v) is 5.14. The summed E-state index contributed by atoms with van der Waals surface area (Å²) < 4.78 is 9.35. The summed E-state index contributed by atoms with van der Waals surface area (Å²) in [6.07, 6.45) is -1.24. The fraction of sp³-hybridized carbons (Fsp3) is 0.286. The molecule has 25 heavy (non-hydrogen) atoms. The van der Waals surface area contributed by atoms with Crippen molar-refractivity contribution in [3.63, 3.8) is 0 Å². The minimum Gasteiger partial charge on any atom is -0.448 e. The lowest BCUT2D eigenvalue weighted by atomic mass is 10.2. The van der Waals surface area contributed by atoms with E-state index < -0.39 is 22.9 Å². The van der Waals surface area contributed by atoms with Gasteiger partial charge in [-0.15, -0.1) is 5.43 Å². The van der Waals surface area contributed by atoms with E-state index in [1.165, 1.54) is 32.0 Å². The molecule has 9 nitrogen and oxygen atoms in total. The van der Waals surface area contributed by atoms with Crippen LogP contribution in [0.5, 0.6) is 0 Å². The van der Waals surface area contributed by atoms with Gasteiger partial charge in [0.25, 0.3) is 0 Å². The number of carbonyl (C=O) groups is 2.